The molecule has 0 unspecified atom stereocenters. The highest BCUT2D eigenvalue weighted by molar-refractivity contribution is 4.61. The van der Waals surface area contributed by atoms with Gasteiger partial charge in [0, 0.05) is 0 Å². The SMILES string of the molecule is CCCCCCCCCCCCCCC(CCCC)CCCCCCCCCCCCCC. The highest BCUT2D eigenvalue weighted by Crippen LogP contribution is 2.24. The van der Waals surface area contributed by atoms with Gasteiger partial charge in [0.05, 0.1) is 0 Å². The van der Waals surface area contributed by atoms with Crippen LogP contribution >= 0.6 is 0 Å². The largest absolute Gasteiger partial charge is 0.0654 e. The van der Waals surface area contributed by atoms with Gasteiger partial charge in [-0.3, -0.25) is 0 Å². The molecule has 0 bridgehead atoms. The molecule has 0 aliphatic heterocycles. The Balaban J connectivity index is 3.49. The zero-order valence-corrected chi connectivity index (χ0v) is 24.1. The van der Waals surface area contributed by atoms with Crippen molar-refractivity contribution in [2.75, 3.05) is 0 Å². The molecule has 0 amide bonds. The molecule has 0 aromatic rings. The molecule has 0 saturated heterocycles. The van der Waals surface area contributed by atoms with Gasteiger partial charge in [-0.1, -0.05) is 207 Å². The van der Waals surface area contributed by atoms with Crippen molar-refractivity contribution in [2.24, 2.45) is 5.92 Å². The van der Waals surface area contributed by atoms with Crippen molar-refractivity contribution in [1.82, 2.24) is 0 Å². The molecule has 0 fully saturated rings. The zero-order chi connectivity index (χ0) is 24.1. The summed E-state index contributed by atoms with van der Waals surface area (Å²) in [6.45, 7) is 6.99. The molecule has 0 saturated carbocycles. The minimum atomic E-state index is 1.04. The molecular formula is C33H68. The van der Waals surface area contributed by atoms with Crippen LogP contribution in [0.5, 0.6) is 0 Å². The Morgan fingerprint density at radius 2 is 0.455 bits per heavy atom. The quantitative estimate of drug-likeness (QED) is 0.0965. The van der Waals surface area contributed by atoms with Gasteiger partial charge >= 0.3 is 0 Å². The van der Waals surface area contributed by atoms with Crippen LogP contribution in [-0.4, -0.2) is 0 Å². The minimum absolute atomic E-state index is 1.04. The van der Waals surface area contributed by atoms with E-state index in [1.54, 1.807) is 0 Å². The first-order valence-corrected chi connectivity index (χ1v) is 16.3. The van der Waals surface area contributed by atoms with E-state index in [-0.39, 0.29) is 0 Å². The van der Waals surface area contributed by atoms with Crippen molar-refractivity contribution in [3.8, 4) is 0 Å². The fourth-order valence-corrected chi connectivity index (χ4v) is 5.47. The Morgan fingerprint density at radius 3 is 0.727 bits per heavy atom. The first-order chi connectivity index (χ1) is 16.3. The third-order valence-electron chi connectivity index (χ3n) is 7.90. The van der Waals surface area contributed by atoms with Crippen molar-refractivity contribution >= 4 is 0 Å². The molecule has 0 nitrogen and oxygen atoms in total. The molecule has 0 aliphatic rings. The molecule has 0 spiro atoms. The topological polar surface area (TPSA) is 0 Å². The standard InChI is InChI=1S/C33H68/c1-4-7-10-12-14-16-18-20-22-24-26-28-31-33(30-9-6-3)32-29-27-25-23-21-19-17-15-13-11-8-5-2/h33H,4-32H2,1-3H3. The molecule has 0 rings (SSSR count). The van der Waals surface area contributed by atoms with Gasteiger partial charge in [-0.15, -0.1) is 0 Å². The predicted molar refractivity (Wildman–Crippen MR) is 154 cm³/mol. The molecule has 0 heterocycles. The normalized spacial score (nSPS) is 11.6. The third-order valence-corrected chi connectivity index (χ3v) is 7.90. The van der Waals surface area contributed by atoms with Crippen molar-refractivity contribution in [3.05, 3.63) is 0 Å². The molecule has 0 aromatic carbocycles. The number of hydrogen-bond acceptors (Lipinski definition) is 0. The van der Waals surface area contributed by atoms with E-state index >= 15 is 0 Å². The van der Waals surface area contributed by atoms with Gasteiger partial charge in [0.15, 0.2) is 0 Å². The van der Waals surface area contributed by atoms with Crippen LogP contribution in [0.2, 0.25) is 0 Å². The number of unbranched alkanes of at least 4 members (excludes halogenated alkanes) is 23. The molecule has 0 N–H and O–H groups in total. The smallest absolute Gasteiger partial charge is 0.0414 e. The van der Waals surface area contributed by atoms with E-state index in [1.165, 1.54) is 186 Å². The number of rotatable bonds is 29. The van der Waals surface area contributed by atoms with Crippen LogP contribution in [-0.2, 0) is 0 Å². The molecule has 0 aliphatic carbocycles. The maximum Gasteiger partial charge on any atom is -0.0414 e. The Bertz CT molecular complexity index is 292. The van der Waals surface area contributed by atoms with Crippen molar-refractivity contribution in [2.45, 2.75) is 207 Å². The van der Waals surface area contributed by atoms with Gasteiger partial charge in [-0.25, -0.2) is 0 Å². The van der Waals surface area contributed by atoms with E-state index in [1.807, 2.05) is 0 Å². The fourth-order valence-electron chi connectivity index (χ4n) is 5.47. The summed E-state index contributed by atoms with van der Waals surface area (Å²) in [5, 5.41) is 0. The average Bonchev–Trinajstić information content (AvgIpc) is 2.83. The summed E-state index contributed by atoms with van der Waals surface area (Å²) in [6.07, 6.45) is 42.8. The summed E-state index contributed by atoms with van der Waals surface area (Å²) < 4.78 is 0. The van der Waals surface area contributed by atoms with Crippen LogP contribution in [0.3, 0.4) is 0 Å². The van der Waals surface area contributed by atoms with Gasteiger partial charge in [0.2, 0.25) is 0 Å². The lowest BCUT2D eigenvalue weighted by molar-refractivity contribution is 0.370. The van der Waals surface area contributed by atoms with Gasteiger partial charge in [-0.2, -0.15) is 0 Å². The lowest BCUT2D eigenvalue weighted by Gasteiger charge is -2.16. The van der Waals surface area contributed by atoms with Crippen LogP contribution in [0.4, 0.5) is 0 Å². The van der Waals surface area contributed by atoms with E-state index < -0.39 is 0 Å². The van der Waals surface area contributed by atoms with E-state index in [4.69, 9.17) is 0 Å². The second kappa shape index (κ2) is 30.0. The van der Waals surface area contributed by atoms with Crippen molar-refractivity contribution < 1.29 is 0 Å². The van der Waals surface area contributed by atoms with Crippen LogP contribution in [0.1, 0.15) is 207 Å². The molecule has 200 valence electrons. The molecule has 0 aromatic heterocycles. The zero-order valence-electron chi connectivity index (χ0n) is 24.1. The minimum Gasteiger partial charge on any atom is -0.0654 e. The predicted octanol–water partition coefficient (Wildman–Crippen LogP) is 13.0. The second-order valence-corrected chi connectivity index (χ2v) is 11.4. The van der Waals surface area contributed by atoms with Crippen LogP contribution in [0.25, 0.3) is 0 Å². The van der Waals surface area contributed by atoms with Crippen molar-refractivity contribution in [3.63, 3.8) is 0 Å². The number of hydrogen-bond donors (Lipinski definition) is 0. The maximum atomic E-state index is 2.37. The van der Waals surface area contributed by atoms with Gasteiger partial charge < -0.3 is 0 Å². The Kier molecular flexibility index (Phi) is 30.0. The van der Waals surface area contributed by atoms with Gasteiger partial charge in [-0.05, 0) is 5.92 Å². The summed E-state index contributed by atoms with van der Waals surface area (Å²) in [6, 6.07) is 0. The summed E-state index contributed by atoms with van der Waals surface area (Å²) in [5.41, 5.74) is 0. The fraction of sp³-hybridized carbons (Fsp3) is 1.00. The Morgan fingerprint density at radius 1 is 0.242 bits per heavy atom. The molecule has 0 heteroatoms. The average molecular weight is 465 g/mol. The summed E-state index contributed by atoms with van der Waals surface area (Å²) in [4.78, 5) is 0. The first kappa shape index (κ1) is 33.0. The monoisotopic (exact) mass is 465 g/mol. The first-order valence-electron chi connectivity index (χ1n) is 16.3. The van der Waals surface area contributed by atoms with Crippen LogP contribution in [0.15, 0.2) is 0 Å². The molecule has 0 atom stereocenters. The van der Waals surface area contributed by atoms with Gasteiger partial charge in [0.25, 0.3) is 0 Å². The van der Waals surface area contributed by atoms with E-state index in [0.29, 0.717) is 0 Å². The second-order valence-electron chi connectivity index (χ2n) is 11.4. The lowest BCUT2D eigenvalue weighted by atomic mass is 9.90. The van der Waals surface area contributed by atoms with E-state index in [9.17, 15) is 0 Å². The third kappa shape index (κ3) is 28.1. The van der Waals surface area contributed by atoms with Crippen molar-refractivity contribution in [1.29, 1.82) is 0 Å². The summed E-state index contributed by atoms with van der Waals surface area (Å²) >= 11 is 0. The van der Waals surface area contributed by atoms with E-state index in [2.05, 4.69) is 20.8 Å². The highest BCUT2D eigenvalue weighted by Gasteiger charge is 2.08. The van der Waals surface area contributed by atoms with Gasteiger partial charge in [0.1, 0.15) is 0 Å². The molecule has 33 heavy (non-hydrogen) atoms. The Hall–Kier alpha value is 0. The van der Waals surface area contributed by atoms with Crippen LogP contribution in [0, 0.1) is 5.92 Å². The molecule has 0 radical (unpaired) electrons. The lowest BCUT2D eigenvalue weighted by Crippen LogP contribution is -2.01. The molecular weight excluding hydrogens is 396 g/mol. The summed E-state index contributed by atoms with van der Waals surface area (Å²) in [5.74, 6) is 1.04. The van der Waals surface area contributed by atoms with Crippen LogP contribution < -0.4 is 0 Å². The Labute approximate surface area is 212 Å². The highest BCUT2D eigenvalue weighted by atomic mass is 14.1. The van der Waals surface area contributed by atoms with E-state index in [0.717, 1.165) is 5.92 Å². The maximum absolute atomic E-state index is 2.37. The summed E-state index contributed by atoms with van der Waals surface area (Å²) in [7, 11) is 0.